The molecule has 2 aromatic carbocycles. The summed E-state index contributed by atoms with van der Waals surface area (Å²) in [6.45, 7) is 0. The highest BCUT2D eigenvalue weighted by molar-refractivity contribution is 6.04. The topological polar surface area (TPSA) is 82.7 Å². The third-order valence-electron chi connectivity index (χ3n) is 4.20. The normalized spacial score (nSPS) is 10.2. The molecule has 2 aromatic heterocycles. The van der Waals surface area contributed by atoms with E-state index in [1.165, 1.54) is 6.33 Å². The molecule has 4 rings (SSSR count). The zero-order valence-electron chi connectivity index (χ0n) is 15.2. The van der Waals surface area contributed by atoms with Crippen LogP contribution in [0.4, 0.5) is 11.5 Å². The number of amides is 1. The molecule has 0 fully saturated rings. The third-order valence-corrected chi connectivity index (χ3v) is 4.20. The number of hydrogen-bond donors (Lipinski definition) is 3. The summed E-state index contributed by atoms with van der Waals surface area (Å²) >= 11 is 0. The summed E-state index contributed by atoms with van der Waals surface area (Å²) in [6.07, 6.45) is 3.30. The fourth-order valence-electron chi connectivity index (χ4n) is 2.85. The molecule has 0 aliphatic heterocycles. The molecule has 0 aliphatic carbocycles. The van der Waals surface area contributed by atoms with Crippen LogP contribution in [0.25, 0.3) is 11.0 Å². The van der Waals surface area contributed by atoms with Crippen LogP contribution in [0.2, 0.25) is 0 Å². The Morgan fingerprint density at radius 3 is 2.71 bits per heavy atom. The highest BCUT2D eigenvalue weighted by Crippen LogP contribution is 2.22. The largest absolute Gasteiger partial charge is 0.372 e. The lowest BCUT2D eigenvalue weighted by Crippen LogP contribution is -2.11. The number of aromatic amines is 1. The smallest absolute Gasteiger partial charge is 0.255 e. The zero-order chi connectivity index (χ0) is 19.3. The van der Waals surface area contributed by atoms with E-state index in [9.17, 15) is 4.79 Å². The van der Waals surface area contributed by atoms with E-state index >= 15 is 0 Å². The molecule has 0 saturated carbocycles. The van der Waals surface area contributed by atoms with Gasteiger partial charge in [-0.1, -0.05) is 36.1 Å². The maximum atomic E-state index is 12.5. The van der Waals surface area contributed by atoms with Gasteiger partial charge in [-0.05, 0) is 30.3 Å². The molecule has 0 saturated heterocycles. The molecule has 136 valence electrons. The lowest BCUT2D eigenvalue weighted by molar-refractivity contribution is 0.102. The molecule has 4 aromatic rings. The Balaban J connectivity index is 1.61. The standard InChI is InChI=1S/C22H17N5O/c1-23-20-19-17(13-24-21(19)26-14-25-20)11-10-15-6-5-7-16(12-15)22(28)27-18-8-3-2-4-9-18/h2-9,12-14H,1H3,(H,27,28)(H2,23,24,25,26). The van der Waals surface area contributed by atoms with Gasteiger partial charge in [-0.15, -0.1) is 0 Å². The second-order valence-corrected chi connectivity index (χ2v) is 6.05. The molecule has 2 heterocycles. The number of nitrogens with zero attached hydrogens (tertiary/aromatic N) is 2. The van der Waals surface area contributed by atoms with E-state index in [-0.39, 0.29) is 5.91 Å². The van der Waals surface area contributed by atoms with Crippen molar-refractivity contribution in [3.63, 3.8) is 0 Å². The molecule has 1 amide bonds. The van der Waals surface area contributed by atoms with Crippen molar-refractivity contribution in [1.29, 1.82) is 0 Å². The highest BCUT2D eigenvalue weighted by Gasteiger charge is 2.09. The van der Waals surface area contributed by atoms with Gasteiger partial charge in [0.2, 0.25) is 0 Å². The summed E-state index contributed by atoms with van der Waals surface area (Å²) in [5.41, 5.74) is 3.56. The number of carbonyl (C=O) groups is 1. The Hall–Kier alpha value is -4.11. The molecule has 0 atom stereocenters. The van der Waals surface area contributed by atoms with Gasteiger partial charge in [0.25, 0.3) is 5.91 Å². The summed E-state index contributed by atoms with van der Waals surface area (Å²) in [4.78, 5) is 24.0. The zero-order valence-corrected chi connectivity index (χ0v) is 15.2. The van der Waals surface area contributed by atoms with Crippen LogP contribution in [-0.2, 0) is 0 Å². The van der Waals surface area contributed by atoms with Crippen molar-refractivity contribution in [1.82, 2.24) is 15.0 Å². The molecule has 28 heavy (non-hydrogen) atoms. The number of nitrogens with one attached hydrogen (secondary N) is 3. The maximum absolute atomic E-state index is 12.5. The SMILES string of the molecule is CNc1ncnc2[nH]cc(C#Cc3cccc(C(=O)Nc4ccccc4)c3)c12. The van der Waals surface area contributed by atoms with Crippen molar-refractivity contribution < 1.29 is 4.79 Å². The van der Waals surface area contributed by atoms with E-state index in [1.54, 1.807) is 25.4 Å². The summed E-state index contributed by atoms with van der Waals surface area (Å²) in [5.74, 6) is 6.80. The Morgan fingerprint density at radius 1 is 1.04 bits per heavy atom. The van der Waals surface area contributed by atoms with Crippen LogP contribution in [0.15, 0.2) is 67.1 Å². The first-order valence-corrected chi connectivity index (χ1v) is 8.73. The van der Waals surface area contributed by atoms with E-state index < -0.39 is 0 Å². The fraction of sp³-hybridized carbons (Fsp3) is 0.0455. The third kappa shape index (κ3) is 3.55. The molecule has 6 heteroatoms. The first-order valence-electron chi connectivity index (χ1n) is 8.73. The van der Waals surface area contributed by atoms with Gasteiger partial charge in [-0.3, -0.25) is 4.79 Å². The van der Waals surface area contributed by atoms with Crippen LogP contribution in [0.5, 0.6) is 0 Å². The highest BCUT2D eigenvalue weighted by atomic mass is 16.1. The Bertz CT molecular complexity index is 1200. The molecular weight excluding hydrogens is 350 g/mol. The van der Waals surface area contributed by atoms with Crippen molar-refractivity contribution in [3.05, 3.63) is 83.8 Å². The van der Waals surface area contributed by atoms with Crippen LogP contribution in [-0.4, -0.2) is 27.9 Å². The lowest BCUT2D eigenvalue weighted by atomic mass is 10.1. The maximum Gasteiger partial charge on any atom is 0.255 e. The number of carbonyl (C=O) groups excluding carboxylic acids is 1. The van der Waals surface area contributed by atoms with Gasteiger partial charge in [0.05, 0.1) is 10.9 Å². The van der Waals surface area contributed by atoms with Crippen molar-refractivity contribution in [3.8, 4) is 11.8 Å². The molecule has 3 N–H and O–H groups in total. The minimum absolute atomic E-state index is 0.173. The van der Waals surface area contributed by atoms with Crippen LogP contribution in [0.3, 0.4) is 0 Å². The number of aromatic nitrogens is 3. The van der Waals surface area contributed by atoms with Crippen molar-refractivity contribution in [2.75, 3.05) is 17.7 Å². The van der Waals surface area contributed by atoms with Crippen molar-refractivity contribution in [2.45, 2.75) is 0 Å². The monoisotopic (exact) mass is 367 g/mol. The molecule has 0 radical (unpaired) electrons. The van der Waals surface area contributed by atoms with Crippen molar-refractivity contribution >= 4 is 28.4 Å². The van der Waals surface area contributed by atoms with Crippen molar-refractivity contribution in [2.24, 2.45) is 0 Å². The average molecular weight is 367 g/mol. The van der Waals surface area contributed by atoms with Gasteiger partial charge >= 0.3 is 0 Å². The predicted octanol–water partition coefficient (Wildman–Crippen LogP) is 3.65. The van der Waals surface area contributed by atoms with Gasteiger partial charge in [-0.25, -0.2) is 9.97 Å². The van der Waals surface area contributed by atoms with Gasteiger partial charge in [0.15, 0.2) is 0 Å². The molecule has 0 unspecified atom stereocenters. The van der Waals surface area contributed by atoms with E-state index in [1.807, 2.05) is 42.5 Å². The predicted molar refractivity (Wildman–Crippen MR) is 110 cm³/mol. The second kappa shape index (κ2) is 7.64. The van der Waals surface area contributed by atoms with Gasteiger partial charge < -0.3 is 15.6 Å². The van der Waals surface area contributed by atoms with Crippen LogP contribution in [0.1, 0.15) is 21.5 Å². The van der Waals surface area contributed by atoms with E-state index in [4.69, 9.17) is 0 Å². The van der Waals surface area contributed by atoms with E-state index in [2.05, 4.69) is 37.4 Å². The van der Waals surface area contributed by atoms with E-state index in [0.717, 1.165) is 27.8 Å². The molecule has 0 aliphatic rings. The molecular formula is C22H17N5O. The van der Waals surface area contributed by atoms with Gasteiger partial charge in [0.1, 0.15) is 17.8 Å². The Morgan fingerprint density at radius 2 is 1.89 bits per heavy atom. The minimum Gasteiger partial charge on any atom is -0.372 e. The van der Waals surface area contributed by atoms with Crippen LogP contribution < -0.4 is 10.6 Å². The number of fused-ring (bicyclic) bond motifs is 1. The Labute approximate surface area is 162 Å². The average Bonchev–Trinajstić information content (AvgIpc) is 3.16. The second-order valence-electron chi connectivity index (χ2n) is 6.05. The van der Waals surface area contributed by atoms with Crippen LogP contribution >= 0.6 is 0 Å². The first-order chi connectivity index (χ1) is 13.7. The van der Waals surface area contributed by atoms with Crippen LogP contribution in [0, 0.1) is 11.8 Å². The molecule has 0 bridgehead atoms. The van der Waals surface area contributed by atoms with E-state index in [0.29, 0.717) is 11.4 Å². The number of rotatable bonds is 3. The minimum atomic E-state index is -0.173. The number of H-pyrrole nitrogens is 1. The fourth-order valence-corrected chi connectivity index (χ4v) is 2.85. The number of hydrogen-bond acceptors (Lipinski definition) is 4. The quantitative estimate of drug-likeness (QED) is 0.483. The summed E-state index contributed by atoms with van der Waals surface area (Å²) in [6, 6.07) is 16.6. The summed E-state index contributed by atoms with van der Waals surface area (Å²) in [7, 11) is 1.81. The summed E-state index contributed by atoms with van der Waals surface area (Å²) in [5, 5.41) is 6.77. The summed E-state index contributed by atoms with van der Waals surface area (Å²) < 4.78 is 0. The van der Waals surface area contributed by atoms with Gasteiger partial charge in [-0.2, -0.15) is 0 Å². The first kappa shape index (κ1) is 17.3. The van der Waals surface area contributed by atoms with Gasteiger partial charge in [0, 0.05) is 30.1 Å². The molecule has 0 spiro atoms. The number of anilines is 2. The lowest BCUT2D eigenvalue weighted by Gasteiger charge is -2.05. The number of benzene rings is 2. The Kier molecular flexibility index (Phi) is 4.72. The molecule has 6 nitrogen and oxygen atoms in total. The number of para-hydroxylation sites is 1.